The highest BCUT2D eigenvalue weighted by atomic mass is 16.5. The van der Waals surface area contributed by atoms with Crippen LogP contribution >= 0.6 is 0 Å². The maximum Gasteiger partial charge on any atom is 0.242 e. The van der Waals surface area contributed by atoms with E-state index in [0.29, 0.717) is 19.7 Å². The highest BCUT2D eigenvalue weighted by Gasteiger charge is 2.33. The Bertz CT molecular complexity index is 518. The Labute approximate surface area is 118 Å². The van der Waals surface area contributed by atoms with E-state index in [9.17, 15) is 9.90 Å². The summed E-state index contributed by atoms with van der Waals surface area (Å²) in [6.07, 6.45) is 0.741. The minimum atomic E-state index is -0.261. The lowest BCUT2D eigenvalue weighted by Crippen LogP contribution is -2.57. The van der Waals surface area contributed by atoms with Crippen molar-refractivity contribution in [1.82, 2.24) is 10.2 Å². The smallest absolute Gasteiger partial charge is 0.242 e. The molecule has 20 heavy (non-hydrogen) atoms. The van der Waals surface area contributed by atoms with Gasteiger partial charge in [0.25, 0.3) is 0 Å². The molecule has 1 fully saturated rings. The van der Waals surface area contributed by atoms with Crippen molar-refractivity contribution in [1.29, 1.82) is 0 Å². The van der Waals surface area contributed by atoms with Gasteiger partial charge in [-0.15, -0.1) is 0 Å². The number of hydrogen-bond donors (Lipinski definition) is 2. The molecule has 1 amide bonds. The number of nitrogens with zero attached hydrogens (tertiary/aromatic N) is 1. The van der Waals surface area contributed by atoms with E-state index in [0.717, 1.165) is 18.5 Å². The van der Waals surface area contributed by atoms with E-state index in [1.165, 1.54) is 5.56 Å². The first-order chi connectivity index (χ1) is 9.65. The van der Waals surface area contributed by atoms with Crippen LogP contribution in [0.25, 0.3) is 0 Å². The minimum Gasteiger partial charge on any atom is -0.508 e. The van der Waals surface area contributed by atoms with Crippen molar-refractivity contribution in [3.63, 3.8) is 0 Å². The average Bonchev–Trinajstić information content (AvgIpc) is 2.46. The van der Waals surface area contributed by atoms with E-state index in [1.807, 2.05) is 17.9 Å². The third-order valence-electron chi connectivity index (χ3n) is 4.10. The van der Waals surface area contributed by atoms with E-state index >= 15 is 0 Å². The Kier molecular flexibility index (Phi) is 3.63. The minimum absolute atomic E-state index is 0.0891. The molecule has 5 nitrogen and oxygen atoms in total. The second-order valence-corrected chi connectivity index (χ2v) is 5.47. The van der Waals surface area contributed by atoms with Crippen molar-refractivity contribution in [2.24, 2.45) is 0 Å². The summed E-state index contributed by atoms with van der Waals surface area (Å²) in [5, 5.41) is 12.8. The Balaban J connectivity index is 1.74. The summed E-state index contributed by atoms with van der Waals surface area (Å²) in [7, 11) is 0. The van der Waals surface area contributed by atoms with Crippen molar-refractivity contribution < 1.29 is 14.6 Å². The van der Waals surface area contributed by atoms with E-state index in [2.05, 4.69) is 5.32 Å². The number of carbonyl (C=O) groups is 1. The van der Waals surface area contributed by atoms with Crippen LogP contribution in [0.1, 0.15) is 18.1 Å². The van der Waals surface area contributed by atoms with E-state index in [1.54, 1.807) is 12.1 Å². The number of morpholine rings is 1. The van der Waals surface area contributed by atoms with Crippen LogP contribution in [-0.2, 0) is 22.5 Å². The summed E-state index contributed by atoms with van der Waals surface area (Å²) < 4.78 is 5.54. The van der Waals surface area contributed by atoms with Crippen molar-refractivity contribution in [3.8, 4) is 5.75 Å². The monoisotopic (exact) mass is 276 g/mol. The number of fused-ring (bicyclic) bond motifs is 1. The fourth-order valence-electron chi connectivity index (χ4n) is 2.94. The molecule has 2 aliphatic rings. The van der Waals surface area contributed by atoms with Crippen LogP contribution in [0.2, 0.25) is 0 Å². The number of rotatable bonds is 1. The van der Waals surface area contributed by atoms with Gasteiger partial charge in [-0.05, 0) is 36.6 Å². The summed E-state index contributed by atoms with van der Waals surface area (Å²) in [5.41, 5.74) is 2.25. The molecule has 2 aliphatic heterocycles. The molecule has 0 radical (unpaired) electrons. The van der Waals surface area contributed by atoms with Crippen LogP contribution in [0.15, 0.2) is 18.2 Å². The zero-order valence-corrected chi connectivity index (χ0v) is 11.6. The van der Waals surface area contributed by atoms with Crippen molar-refractivity contribution in [2.45, 2.75) is 32.0 Å². The number of nitrogens with one attached hydrogen (secondary N) is 1. The number of phenols is 1. The molecule has 0 aromatic heterocycles. The fourth-order valence-corrected chi connectivity index (χ4v) is 2.94. The summed E-state index contributed by atoms with van der Waals surface area (Å²) >= 11 is 0. The summed E-state index contributed by atoms with van der Waals surface area (Å²) in [4.78, 5) is 14.4. The maximum atomic E-state index is 12.6. The standard InChI is InChI=1S/C15H20N2O3/c1-10-14(16-5-7-20-10)15(19)17-6-4-11-2-3-13(18)8-12(11)9-17/h2-3,8,10,14,16,18H,4-7,9H2,1H3/t10-,14+/m1/s1. The van der Waals surface area contributed by atoms with E-state index < -0.39 is 0 Å². The second kappa shape index (κ2) is 5.42. The first kappa shape index (κ1) is 13.4. The number of amides is 1. The molecular weight excluding hydrogens is 256 g/mol. The largest absolute Gasteiger partial charge is 0.508 e. The topological polar surface area (TPSA) is 61.8 Å². The second-order valence-electron chi connectivity index (χ2n) is 5.47. The number of benzene rings is 1. The molecule has 0 saturated carbocycles. The van der Waals surface area contributed by atoms with Crippen molar-refractivity contribution >= 4 is 5.91 Å². The van der Waals surface area contributed by atoms with Crippen LogP contribution in [0, 0.1) is 0 Å². The lowest BCUT2D eigenvalue weighted by Gasteiger charge is -2.36. The molecule has 0 aliphatic carbocycles. The van der Waals surface area contributed by atoms with Gasteiger partial charge in [0, 0.05) is 19.6 Å². The SMILES string of the molecule is C[C@H]1OCCN[C@@H]1C(=O)N1CCc2ccc(O)cc2C1. The molecule has 5 heteroatoms. The van der Waals surface area contributed by atoms with Crippen LogP contribution in [0.5, 0.6) is 5.75 Å². The number of ether oxygens (including phenoxy) is 1. The zero-order valence-electron chi connectivity index (χ0n) is 11.6. The summed E-state index contributed by atoms with van der Waals surface area (Å²) in [6.45, 7) is 4.58. The van der Waals surface area contributed by atoms with Crippen molar-refractivity contribution in [2.75, 3.05) is 19.7 Å². The van der Waals surface area contributed by atoms with E-state index in [-0.39, 0.29) is 23.8 Å². The number of phenolic OH excluding ortho intramolecular Hbond substituents is 1. The third-order valence-corrected chi connectivity index (χ3v) is 4.10. The maximum absolute atomic E-state index is 12.6. The highest BCUT2D eigenvalue weighted by Crippen LogP contribution is 2.24. The highest BCUT2D eigenvalue weighted by molar-refractivity contribution is 5.83. The first-order valence-electron chi connectivity index (χ1n) is 7.09. The third kappa shape index (κ3) is 2.51. The van der Waals surface area contributed by atoms with Gasteiger partial charge in [0.2, 0.25) is 5.91 Å². The first-order valence-corrected chi connectivity index (χ1v) is 7.09. The average molecular weight is 276 g/mol. The van der Waals surface area contributed by atoms with Crippen LogP contribution in [0.4, 0.5) is 0 Å². The van der Waals surface area contributed by atoms with Crippen LogP contribution in [0.3, 0.4) is 0 Å². The van der Waals surface area contributed by atoms with Gasteiger partial charge in [-0.2, -0.15) is 0 Å². The van der Waals surface area contributed by atoms with E-state index in [4.69, 9.17) is 4.74 Å². The predicted octanol–water partition coefficient (Wildman–Crippen LogP) is 0.654. The molecule has 1 aromatic rings. The molecule has 1 aromatic carbocycles. The molecule has 0 unspecified atom stereocenters. The molecular formula is C15H20N2O3. The normalized spacial score (nSPS) is 26.1. The molecule has 2 heterocycles. The van der Waals surface area contributed by atoms with Gasteiger partial charge in [-0.25, -0.2) is 0 Å². The zero-order chi connectivity index (χ0) is 14.1. The fraction of sp³-hybridized carbons (Fsp3) is 0.533. The molecule has 0 spiro atoms. The van der Waals surface area contributed by atoms with Gasteiger partial charge in [-0.3, -0.25) is 4.79 Å². The van der Waals surface area contributed by atoms with Gasteiger partial charge in [0.1, 0.15) is 11.8 Å². The number of carbonyl (C=O) groups excluding carboxylic acids is 1. The Morgan fingerprint density at radius 2 is 2.30 bits per heavy atom. The molecule has 108 valence electrons. The molecule has 1 saturated heterocycles. The predicted molar refractivity (Wildman–Crippen MR) is 74.4 cm³/mol. The van der Waals surface area contributed by atoms with Crippen molar-refractivity contribution in [3.05, 3.63) is 29.3 Å². The Hall–Kier alpha value is -1.59. The summed E-state index contributed by atoms with van der Waals surface area (Å²) in [6, 6.07) is 5.14. The van der Waals surface area contributed by atoms with Gasteiger partial charge < -0.3 is 20.1 Å². The summed E-state index contributed by atoms with van der Waals surface area (Å²) in [5.74, 6) is 0.344. The molecule has 3 rings (SSSR count). The van der Waals surface area contributed by atoms with Gasteiger partial charge in [0.15, 0.2) is 0 Å². The van der Waals surface area contributed by atoms with Crippen LogP contribution in [-0.4, -0.2) is 47.8 Å². The lowest BCUT2D eigenvalue weighted by molar-refractivity contribution is -0.140. The Morgan fingerprint density at radius 3 is 3.10 bits per heavy atom. The van der Waals surface area contributed by atoms with Gasteiger partial charge >= 0.3 is 0 Å². The number of hydrogen-bond acceptors (Lipinski definition) is 4. The molecule has 2 atom stereocenters. The molecule has 0 bridgehead atoms. The quantitative estimate of drug-likeness (QED) is 0.791. The lowest BCUT2D eigenvalue weighted by atomic mass is 9.98. The van der Waals surface area contributed by atoms with Crippen LogP contribution < -0.4 is 5.32 Å². The van der Waals surface area contributed by atoms with Gasteiger partial charge in [-0.1, -0.05) is 6.07 Å². The van der Waals surface area contributed by atoms with Gasteiger partial charge in [0.05, 0.1) is 12.7 Å². The molecule has 2 N–H and O–H groups in total. The Morgan fingerprint density at radius 1 is 1.45 bits per heavy atom. The number of aromatic hydroxyl groups is 1.